The summed E-state index contributed by atoms with van der Waals surface area (Å²) in [7, 11) is 1.55. The molecule has 31 heavy (non-hydrogen) atoms. The smallest absolute Gasteiger partial charge is 0.295 e. The van der Waals surface area contributed by atoms with Crippen molar-refractivity contribution in [3.05, 3.63) is 59.1 Å². The first-order valence-corrected chi connectivity index (χ1v) is 10.6. The second-order valence-corrected chi connectivity index (χ2v) is 7.55. The quantitative estimate of drug-likeness (QED) is 0.374. The number of aryl methyl sites for hydroxylation is 1. The van der Waals surface area contributed by atoms with Gasteiger partial charge in [0.1, 0.15) is 29.1 Å². The van der Waals surface area contributed by atoms with Crippen LogP contribution < -0.4 is 4.74 Å². The lowest BCUT2D eigenvalue weighted by atomic mass is 9.99. The Morgan fingerprint density at radius 1 is 1.13 bits per heavy atom. The lowest BCUT2D eigenvalue weighted by Crippen LogP contribution is -2.33. The van der Waals surface area contributed by atoms with Crippen molar-refractivity contribution in [3.8, 4) is 5.75 Å². The molecule has 1 aromatic carbocycles. The summed E-state index contributed by atoms with van der Waals surface area (Å²) in [5.41, 5.74) is 0.488. The molecule has 166 valence electrons. The predicted octanol–water partition coefficient (Wildman–Crippen LogP) is 3.75. The highest BCUT2D eigenvalue weighted by molar-refractivity contribution is 6.46. The molecule has 1 aliphatic heterocycles. The number of rotatable bonds is 9. The maximum absolute atomic E-state index is 13.0. The Hall–Kier alpha value is -3.06. The van der Waals surface area contributed by atoms with Crippen LogP contribution in [0.1, 0.15) is 43.4 Å². The first kappa shape index (κ1) is 22.6. The standard InChI is InChI=1S/C24H30N2O5/c1-5-25(6-2)14-7-15-26-21(19-13-8-16(3)31-19)20(23(28)24(26)29)22(27)17-9-11-18(30-4)12-10-17/h8-13,21,27H,5-7,14-15H2,1-4H3/b22-20+/t21-/m0/s1. The number of ketones is 1. The number of carbonyl (C=O) groups excluding carboxylic acids is 2. The topological polar surface area (TPSA) is 83.2 Å². The van der Waals surface area contributed by atoms with Crippen LogP contribution in [-0.4, -0.2) is 59.9 Å². The fourth-order valence-corrected chi connectivity index (χ4v) is 3.92. The first-order chi connectivity index (χ1) is 14.9. The number of likely N-dealkylation sites (tertiary alicyclic amines) is 1. The van der Waals surface area contributed by atoms with E-state index in [9.17, 15) is 14.7 Å². The zero-order valence-corrected chi connectivity index (χ0v) is 18.6. The summed E-state index contributed by atoms with van der Waals surface area (Å²) in [6, 6.07) is 9.50. The third-order valence-corrected chi connectivity index (χ3v) is 5.70. The highest BCUT2D eigenvalue weighted by Gasteiger charge is 2.47. The number of Topliss-reactive ketones (excluding diaryl/α,β-unsaturated/α-hetero) is 1. The molecule has 1 amide bonds. The van der Waals surface area contributed by atoms with E-state index in [-0.39, 0.29) is 11.3 Å². The Morgan fingerprint density at radius 2 is 1.81 bits per heavy atom. The molecular weight excluding hydrogens is 396 g/mol. The van der Waals surface area contributed by atoms with Crippen LogP contribution in [0.2, 0.25) is 0 Å². The molecule has 1 saturated heterocycles. The monoisotopic (exact) mass is 426 g/mol. The molecule has 0 unspecified atom stereocenters. The van der Waals surface area contributed by atoms with E-state index in [4.69, 9.17) is 9.15 Å². The highest BCUT2D eigenvalue weighted by atomic mass is 16.5. The van der Waals surface area contributed by atoms with Crippen LogP contribution in [-0.2, 0) is 9.59 Å². The minimum absolute atomic E-state index is 0.0485. The van der Waals surface area contributed by atoms with Gasteiger partial charge in [-0.3, -0.25) is 9.59 Å². The number of ether oxygens (including phenoxy) is 1. The number of hydrogen-bond donors (Lipinski definition) is 1. The molecule has 0 bridgehead atoms. The number of aliphatic hydroxyl groups excluding tert-OH is 1. The van der Waals surface area contributed by atoms with E-state index in [0.29, 0.717) is 35.8 Å². The molecular formula is C24H30N2O5. The van der Waals surface area contributed by atoms with Gasteiger partial charge in [0.15, 0.2) is 0 Å². The van der Waals surface area contributed by atoms with E-state index in [1.807, 2.05) is 0 Å². The van der Waals surface area contributed by atoms with Crippen molar-refractivity contribution in [1.29, 1.82) is 0 Å². The SMILES string of the molecule is CCN(CC)CCCN1C(=O)C(=O)/C(=C(/O)c2ccc(OC)cc2)[C@@H]1c1ccc(C)o1. The maximum Gasteiger partial charge on any atom is 0.295 e. The average Bonchev–Trinajstić information content (AvgIpc) is 3.32. The normalized spacial score (nSPS) is 18.2. The fraction of sp³-hybridized carbons (Fsp3) is 0.417. The zero-order valence-electron chi connectivity index (χ0n) is 18.6. The van der Waals surface area contributed by atoms with Crippen molar-refractivity contribution in [1.82, 2.24) is 9.80 Å². The molecule has 1 N–H and O–H groups in total. The van der Waals surface area contributed by atoms with Crippen molar-refractivity contribution >= 4 is 17.4 Å². The Morgan fingerprint density at radius 3 is 2.35 bits per heavy atom. The molecule has 0 saturated carbocycles. The number of benzene rings is 1. The van der Waals surface area contributed by atoms with E-state index in [2.05, 4.69) is 18.7 Å². The van der Waals surface area contributed by atoms with Gasteiger partial charge in [-0.2, -0.15) is 0 Å². The number of carbonyl (C=O) groups is 2. The van der Waals surface area contributed by atoms with E-state index >= 15 is 0 Å². The minimum atomic E-state index is -0.757. The lowest BCUT2D eigenvalue weighted by molar-refractivity contribution is -0.140. The Kier molecular flexibility index (Phi) is 7.17. The Bertz CT molecular complexity index is 957. The van der Waals surface area contributed by atoms with Crippen LogP contribution >= 0.6 is 0 Å². The van der Waals surface area contributed by atoms with Gasteiger partial charge in [0.2, 0.25) is 0 Å². The van der Waals surface area contributed by atoms with Crippen molar-refractivity contribution in [2.24, 2.45) is 0 Å². The molecule has 1 fully saturated rings. The summed E-state index contributed by atoms with van der Waals surface area (Å²) in [5.74, 6) is 0.240. The molecule has 3 rings (SSSR count). The van der Waals surface area contributed by atoms with Crippen LogP contribution in [0.3, 0.4) is 0 Å². The van der Waals surface area contributed by atoms with E-state index in [1.165, 1.54) is 4.90 Å². The van der Waals surface area contributed by atoms with Crippen LogP contribution in [0.15, 0.2) is 46.4 Å². The fourth-order valence-electron chi connectivity index (χ4n) is 3.92. The third-order valence-electron chi connectivity index (χ3n) is 5.70. The molecule has 1 aromatic heterocycles. The highest BCUT2D eigenvalue weighted by Crippen LogP contribution is 2.40. The molecule has 2 aromatic rings. The summed E-state index contributed by atoms with van der Waals surface area (Å²) < 4.78 is 11.0. The van der Waals surface area contributed by atoms with Gasteiger partial charge < -0.3 is 24.1 Å². The number of methoxy groups -OCH3 is 1. The van der Waals surface area contributed by atoms with Gasteiger partial charge in [-0.25, -0.2) is 0 Å². The summed E-state index contributed by atoms with van der Waals surface area (Å²) in [4.78, 5) is 29.7. The molecule has 0 spiro atoms. The van der Waals surface area contributed by atoms with Crippen LogP contribution in [0.4, 0.5) is 0 Å². The van der Waals surface area contributed by atoms with Gasteiger partial charge in [-0.15, -0.1) is 0 Å². The number of amides is 1. The molecule has 0 aliphatic carbocycles. The van der Waals surface area contributed by atoms with Gasteiger partial charge >= 0.3 is 0 Å². The zero-order chi connectivity index (χ0) is 22.5. The summed E-state index contributed by atoms with van der Waals surface area (Å²) in [6.45, 7) is 9.05. The van der Waals surface area contributed by atoms with Crippen LogP contribution in [0, 0.1) is 6.92 Å². The number of aliphatic hydroxyl groups is 1. The molecule has 7 heteroatoms. The summed E-state index contributed by atoms with van der Waals surface area (Å²) in [6.07, 6.45) is 0.716. The lowest BCUT2D eigenvalue weighted by Gasteiger charge is -2.25. The number of nitrogens with zero attached hydrogens (tertiary/aromatic N) is 2. The van der Waals surface area contributed by atoms with Crippen molar-refractivity contribution in [2.45, 2.75) is 33.2 Å². The predicted molar refractivity (Wildman–Crippen MR) is 118 cm³/mol. The molecule has 7 nitrogen and oxygen atoms in total. The average molecular weight is 427 g/mol. The van der Waals surface area contributed by atoms with E-state index in [0.717, 1.165) is 19.6 Å². The first-order valence-electron chi connectivity index (χ1n) is 10.6. The second kappa shape index (κ2) is 9.83. The van der Waals surface area contributed by atoms with Gasteiger partial charge in [0.05, 0.1) is 12.7 Å². The largest absolute Gasteiger partial charge is 0.507 e. The Balaban J connectivity index is 1.98. The van der Waals surface area contributed by atoms with Crippen molar-refractivity contribution in [2.75, 3.05) is 33.3 Å². The summed E-state index contributed by atoms with van der Waals surface area (Å²) in [5, 5.41) is 11.0. The molecule has 0 radical (unpaired) electrons. The van der Waals surface area contributed by atoms with Gasteiger partial charge in [0.25, 0.3) is 11.7 Å². The molecule has 1 aliphatic rings. The second-order valence-electron chi connectivity index (χ2n) is 7.55. The van der Waals surface area contributed by atoms with Gasteiger partial charge in [-0.1, -0.05) is 13.8 Å². The van der Waals surface area contributed by atoms with Gasteiger partial charge in [-0.05, 0) is 69.4 Å². The van der Waals surface area contributed by atoms with Crippen molar-refractivity contribution in [3.63, 3.8) is 0 Å². The Labute approximate surface area is 182 Å². The molecule has 2 heterocycles. The molecule has 1 atom stereocenters. The summed E-state index contributed by atoms with van der Waals surface area (Å²) >= 11 is 0. The van der Waals surface area contributed by atoms with Crippen LogP contribution in [0.5, 0.6) is 5.75 Å². The van der Waals surface area contributed by atoms with Gasteiger partial charge in [0, 0.05) is 12.1 Å². The maximum atomic E-state index is 13.0. The van der Waals surface area contributed by atoms with E-state index < -0.39 is 17.7 Å². The van der Waals surface area contributed by atoms with Crippen LogP contribution in [0.25, 0.3) is 5.76 Å². The number of furan rings is 1. The number of hydrogen-bond acceptors (Lipinski definition) is 6. The van der Waals surface area contributed by atoms with E-state index in [1.54, 1.807) is 50.4 Å². The van der Waals surface area contributed by atoms with Crippen molar-refractivity contribution < 1.29 is 23.8 Å². The third kappa shape index (κ3) is 4.66. The minimum Gasteiger partial charge on any atom is -0.507 e.